The first-order valence-electron chi connectivity index (χ1n) is 6.99. The normalized spacial score (nSPS) is 28.3. The molecule has 1 aromatic rings. The Morgan fingerprint density at radius 3 is 2.68 bits per heavy atom. The van der Waals surface area contributed by atoms with Crippen LogP contribution >= 0.6 is 0 Å². The van der Waals surface area contributed by atoms with Crippen molar-refractivity contribution in [3.63, 3.8) is 0 Å². The second-order valence-corrected chi connectivity index (χ2v) is 5.76. The van der Waals surface area contributed by atoms with E-state index in [1.54, 1.807) is 12.1 Å². The van der Waals surface area contributed by atoms with Crippen molar-refractivity contribution in [1.29, 1.82) is 0 Å². The molecule has 2 rings (SSSR count). The molecule has 19 heavy (non-hydrogen) atoms. The summed E-state index contributed by atoms with van der Waals surface area (Å²) in [4.78, 5) is 10.5. The van der Waals surface area contributed by atoms with Crippen molar-refractivity contribution in [2.75, 3.05) is 0 Å². The van der Waals surface area contributed by atoms with Crippen molar-refractivity contribution in [2.45, 2.75) is 45.7 Å². The van der Waals surface area contributed by atoms with Crippen LogP contribution in [0, 0.1) is 22.0 Å². The lowest BCUT2D eigenvalue weighted by atomic mass is 9.96. The van der Waals surface area contributed by atoms with Crippen LogP contribution in [0.15, 0.2) is 24.3 Å². The Balaban J connectivity index is 2.05. The number of hydrogen-bond acceptors (Lipinski definition) is 3. The molecule has 1 aromatic carbocycles. The van der Waals surface area contributed by atoms with Crippen LogP contribution < -0.4 is 5.32 Å². The quantitative estimate of drug-likeness (QED) is 0.665. The maximum Gasteiger partial charge on any atom is 0.269 e. The molecule has 0 aromatic heterocycles. The van der Waals surface area contributed by atoms with Gasteiger partial charge in [0.2, 0.25) is 0 Å². The highest BCUT2D eigenvalue weighted by atomic mass is 16.6. The SMILES string of the molecule is CC(NC1CCC(C)C1C)c1cccc([N+](=O)[O-])c1. The fourth-order valence-electron chi connectivity index (χ4n) is 2.92. The van der Waals surface area contributed by atoms with Gasteiger partial charge in [-0.3, -0.25) is 10.1 Å². The lowest BCUT2D eigenvalue weighted by molar-refractivity contribution is -0.384. The number of nitrogens with one attached hydrogen (secondary N) is 1. The minimum atomic E-state index is -0.337. The van der Waals surface area contributed by atoms with Gasteiger partial charge in [-0.2, -0.15) is 0 Å². The van der Waals surface area contributed by atoms with Crippen LogP contribution in [0.25, 0.3) is 0 Å². The Hall–Kier alpha value is -1.42. The minimum Gasteiger partial charge on any atom is -0.307 e. The van der Waals surface area contributed by atoms with Crippen molar-refractivity contribution in [3.8, 4) is 0 Å². The highest BCUT2D eigenvalue weighted by molar-refractivity contribution is 5.35. The molecule has 4 heteroatoms. The molecule has 0 heterocycles. The molecule has 4 atom stereocenters. The summed E-state index contributed by atoms with van der Waals surface area (Å²) in [7, 11) is 0. The topological polar surface area (TPSA) is 55.2 Å². The van der Waals surface area contributed by atoms with Crippen LogP contribution in [0.1, 0.15) is 45.2 Å². The van der Waals surface area contributed by atoms with E-state index in [4.69, 9.17) is 0 Å². The van der Waals surface area contributed by atoms with Gasteiger partial charge in [-0.25, -0.2) is 0 Å². The summed E-state index contributed by atoms with van der Waals surface area (Å²) < 4.78 is 0. The highest BCUT2D eigenvalue weighted by Crippen LogP contribution is 2.32. The molecule has 0 spiro atoms. The van der Waals surface area contributed by atoms with Gasteiger partial charge in [-0.15, -0.1) is 0 Å². The van der Waals surface area contributed by atoms with Crippen molar-refractivity contribution < 1.29 is 4.92 Å². The zero-order chi connectivity index (χ0) is 14.0. The van der Waals surface area contributed by atoms with E-state index in [9.17, 15) is 10.1 Å². The maximum absolute atomic E-state index is 10.8. The number of rotatable bonds is 4. The second-order valence-electron chi connectivity index (χ2n) is 5.76. The van der Waals surface area contributed by atoms with Crippen LogP contribution in [0.3, 0.4) is 0 Å². The first kappa shape index (κ1) is 14.0. The molecule has 0 saturated heterocycles. The first-order valence-corrected chi connectivity index (χ1v) is 6.99. The molecule has 4 nitrogen and oxygen atoms in total. The largest absolute Gasteiger partial charge is 0.307 e. The van der Waals surface area contributed by atoms with E-state index in [0.29, 0.717) is 12.0 Å². The number of benzene rings is 1. The average molecular weight is 262 g/mol. The number of nitro groups is 1. The Bertz CT molecular complexity index is 461. The lowest BCUT2D eigenvalue weighted by Gasteiger charge is -2.24. The standard InChI is InChI=1S/C15H22N2O2/c1-10-7-8-15(11(10)2)16-12(3)13-5-4-6-14(9-13)17(18)19/h4-6,9-12,15-16H,7-8H2,1-3H3. The third-order valence-electron chi connectivity index (χ3n) is 4.51. The van der Waals surface area contributed by atoms with Crippen LogP contribution in [0.2, 0.25) is 0 Å². The summed E-state index contributed by atoms with van der Waals surface area (Å²) in [6, 6.07) is 7.58. The van der Waals surface area contributed by atoms with Gasteiger partial charge in [0.15, 0.2) is 0 Å². The minimum absolute atomic E-state index is 0.151. The maximum atomic E-state index is 10.8. The van der Waals surface area contributed by atoms with Gasteiger partial charge < -0.3 is 5.32 Å². The van der Waals surface area contributed by atoms with E-state index in [0.717, 1.165) is 11.5 Å². The first-order chi connectivity index (χ1) is 8.99. The average Bonchev–Trinajstić information content (AvgIpc) is 2.71. The zero-order valence-electron chi connectivity index (χ0n) is 11.8. The van der Waals surface area contributed by atoms with Crippen LogP contribution in [0.5, 0.6) is 0 Å². The van der Waals surface area contributed by atoms with E-state index in [1.807, 2.05) is 6.07 Å². The molecule has 0 bridgehead atoms. The van der Waals surface area contributed by atoms with Gasteiger partial charge in [-0.05, 0) is 37.2 Å². The zero-order valence-corrected chi connectivity index (χ0v) is 11.8. The van der Waals surface area contributed by atoms with Crippen LogP contribution in [-0.2, 0) is 0 Å². The van der Waals surface area contributed by atoms with Gasteiger partial charge in [0.05, 0.1) is 4.92 Å². The third-order valence-corrected chi connectivity index (χ3v) is 4.51. The molecular weight excluding hydrogens is 240 g/mol. The van der Waals surface area contributed by atoms with Gasteiger partial charge >= 0.3 is 0 Å². The smallest absolute Gasteiger partial charge is 0.269 e. The second kappa shape index (κ2) is 5.70. The summed E-state index contributed by atoms with van der Waals surface area (Å²) in [5.41, 5.74) is 1.15. The molecule has 4 unspecified atom stereocenters. The van der Waals surface area contributed by atoms with Crippen LogP contribution in [-0.4, -0.2) is 11.0 Å². The van der Waals surface area contributed by atoms with Gasteiger partial charge in [0, 0.05) is 24.2 Å². The summed E-state index contributed by atoms with van der Waals surface area (Å²) >= 11 is 0. The van der Waals surface area contributed by atoms with Crippen molar-refractivity contribution in [1.82, 2.24) is 5.32 Å². The van der Waals surface area contributed by atoms with Crippen molar-refractivity contribution >= 4 is 5.69 Å². The number of nitro benzene ring substituents is 1. The van der Waals surface area contributed by atoms with E-state index in [-0.39, 0.29) is 16.7 Å². The molecule has 0 aliphatic heterocycles. The number of non-ortho nitro benzene ring substituents is 1. The van der Waals surface area contributed by atoms with E-state index >= 15 is 0 Å². The predicted octanol–water partition coefficient (Wildman–Crippen LogP) is 3.68. The lowest BCUT2D eigenvalue weighted by Crippen LogP contribution is -2.34. The Morgan fingerprint density at radius 2 is 2.11 bits per heavy atom. The molecule has 1 N–H and O–H groups in total. The molecule has 1 fully saturated rings. The highest BCUT2D eigenvalue weighted by Gasteiger charge is 2.30. The molecule has 1 aliphatic rings. The molecule has 0 radical (unpaired) electrons. The summed E-state index contributed by atoms with van der Waals surface area (Å²) in [5, 5.41) is 14.4. The summed E-state index contributed by atoms with van der Waals surface area (Å²) in [6.07, 6.45) is 2.46. The van der Waals surface area contributed by atoms with Crippen molar-refractivity contribution in [3.05, 3.63) is 39.9 Å². The fraction of sp³-hybridized carbons (Fsp3) is 0.600. The molecule has 0 amide bonds. The third kappa shape index (κ3) is 3.13. The predicted molar refractivity (Wildman–Crippen MR) is 76.0 cm³/mol. The Labute approximate surface area is 114 Å². The monoisotopic (exact) mass is 262 g/mol. The summed E-state index contributed by atoms with van der Waals surface area (Å²) in [5.74, 6) is 1.43. The van der Waals surface area contributed by atoms with Crippen molar-refractivity contribution in [2.24, 2.45) is 11.8 Å². The van der Waals surface area contributed by atoms with Crippen LogP contribution in [0.4, 0.5) is 5.69 Å². The number of nitrogens with zero attached hydrogens (tertiary/aromatic N) is 1. The van der Waals surface area contributed by atoms with E-state index < -0.39 is 0 Å². The van der Waals surface area contributed by atoms with Gasteiger partial charge in [0.1, 0.15) is 0 Å². The number of hydrogen-bond donors (Lipinski definition) is 1. The fourth-order valence-corrected chi connectivity index (χ4v) is 2.92. The van der Waals surface area contributed by atoms with E-state index in [2.05, 4.69) is 26.1 Å². The van der Waals surface area contributed by atoms with Gasteiger partial charge in [-0.1, -0.05) is 26.0 Å². The Kier molecular flexibility index (Phi) is 4.20. The summed E-state index contributed by atoms with van der Waals surface area (Å²) in [6.45, 7) is 6.66. The molecule has 1 aliphatic carbocycles. The Morgan fingerprint density at radius 1 is 1.37 bits per heavy atom. The molecular formula is C15H22N2O2. The molecule has 104 valence electrons. The van der Waals surface area contributed by atoms with E-state index in [1.165, 1.54) is 18.9 Å². The van der Waals surface area contributed by atoms with Gasteiger partial charge in [0.25, 0.3) is 5.69 Å². The molecule has 1 saturated carbocycles.